The minimum Gasteiger partial charge on any atom is -0.461 e. The van der Waals surface area contributed by atoms with Gasteiger partial charge in [-0.05, 0) is 25.3 Å². The molecule has 3 rings (SSSR count). The van der Waals surface area contributed by atoms with Crippen LogP contribution in [0.15, 0.2) is 35.7 Å². The zero-order valence-corrected chi connectivity index (χ0v) is 14.8. The third-order valence-corrected chi connectivity index (χ3v) is 4.93. The van der Waals surface area contributed by atoms with Crippen molar-refractivity contribution < 1.29 is 19.1 Å². The van der Waals surface area contributed by atoms with Gasteiger partial charge in [0.2, 0.25) is 0 Å². The molecule has 25 heavy (non-hydrogen) atoms. The molecule has 2 aromatic rings. The molecular weight excluding hydrogens is 340 g/mol. The van der Waals surface area contributed by atoms with Gasteiger partial charge in [0.25, 0.3) is 0 Å². The average Bonchev–Trinajstić information content (AvgIpc) is 3.29. The molecule has 0 unspecified atom stereocenters. The summed E-state index contributed by atoms with van der Waals surface area (Å²) < 4.78 is 10.4. The molecule has 0 radical (unpaired) electrons. The summed E-state index contributed by atoms with van der Waals surface area (Å²) in [7, 11) is 0. The molecule has 1 aliphatic heterocycles. The van der Waals surface area contributed by atoms with Crippen molar-refractivity contribution in [3.63, 3.8) is 0 Å². The van der Waals surface area contributed by atoms with E-state index in [0.717, 1.165) is 23.4 Å². The summed E-state index contributed by atoms with van der Waals surface area (Å²) in [5.74, 6) is -0.429. The Morgan fingerprint density at radius 2 is 2.08 bits per heavy atom. The number of esters is 1. The number of carbonyl (C=O) groups excluding carboxylic acids is 2. The maximum absolute atomic E-state index is 12.4. The van der Waals surface area contributed by atoms with Gasteiger partial charge in [0, 0.05) is 11.9 Å². The van der Waals surface area contributed by atoms with Gasteiger partial charge in [-0.15, -0.1) is 11.3 Å². The van der Waals surface area contributed by atoms with Crippen LogP contribution in [0.25, 0.3) is 0 Å². The van der Waals surface area contributed by atoms with Crippen LogP contribution in [0.4, 0.5) is 4.79 Å². The monoisotopic (exact) mass is 360 g/mol. The Labute approximate surface area is 150 Å². The van der Waals surface area contributed by atoms with Crippen molar-refractivity contribution in [2.75, 3.05) is 13.2 Å². The number of hydrogen-bond acceptors (Lipinski definition) is 6. The van der Waals surface area contributed by atoms with E-state index < -0.39 is 5.97 Å². The lowest BCUT2D eigenvalue weighted by atomic mass is 10.2. The summed E-state index contributed by atoms with van der Waals surface area (Å²) in [5, 5.41) is 2.43. The maximum Gasteiger partial charge on any atom is 0.410 e. The molecule has 0 spiro atoms. The summed E-state index contributed by atoms with van der Waals surface area (Å²) in [6, 6.07) is 9.44. The second kappa shape index (κ2) is 8.11. The molecule has 1 amide bonds. The first-order valence-corrected chi connectivity index (χ1v) is 9.17. The van der Waals surface area contributed by atoms with Crippen LogP contribution in [0.2, 0.25) is 0 Å². The Kier molecular flexibility index (Phi) is 5.65. The molecule has 1 fully saturated rings. The summed E-state index contributed by atoms with van der Waals surface area (Å²) in [5.41, 5.74) is 1.25. The van der Waals surface area contributed by atoms with Gasteiger partial charge in [-0.25, -0.2) is 14.6 Å². The van der Waals surface area contributed by atoms with Gasteiger partial charge >= 0.3 is 12.1 Å². The molecule has 7 heteroatoms. The Morgan fingerprint density at radius 1 is 1.28 bits per heavy atom. The van der Waals surface area contributed by atoms with Crippen LogP contribution in [0, 0.1) is 0 Å². The van der Waals surface area contributed by atoms with E-state index in [-0.39, 0.29) is 18.7 Å². The summed E-state index contributed by atoms with van der Waals surface area (Å²) in [4.78, 5) is 30.2. The van der Waals surface area contributed by atoms with Gasteiger partial charge in [-0.1, -0.05) is 30.3 Å². The Balaban J connectivity index is 1.64. The maximum atomic E-state index is 12.4. The first-order valence-electron chi connectivity index (χ1n) is 8.29. The highest BCUT2D eigenvalue weighted by atomic mass is 32.1. The number of likely N-dealkylation sites (tertiary alicyclic amines) is 1. The smallest absolute Gasteiger partial charge is 0.410 e. The van der Waals surface area contributed by atoms with Crippen molar-refractivity contribution in [3.8, 4) is 0 Å². The highest BCUT2D eigenvalue weighted by Gasteiger charge is 2.33. The average molecular weight is 360 g/mol. The van der Waals surface area contributed by atoms with E-state index in [0.29, 0.717) is 18.8 Å². The molecule has 1 saturated heterocycles. The van der Waals surface area contributed by atoms with Crippen LogP contribution < -0.4 is 0 Å². The Morgan fingerprint density at radius 3 is 2.84 bits per heavy atom. The van der Waals surface area contributed by atoms with Gasteiger partial charge in [-0.3, -0.25) is 4.90 Å². The fourth-order valence-electron chi connectivity index (χ4n) is 2.78. The van der Waals surface area contributed by atoms with Gasteiger partial charge < -0.3 is 9.47 Å². The predicted octanol–water partition coefficient (Wildman–Crippen LogP) is 3.79. The van der Waals surface area contributed by atoms with Crippen molar-refractivity contribution in [2.24, 2.45) is 0 Å². The number of benzene rings is 1. The van der Waals surface area contributed by atoms with E-state index in [9.17, 15) is 9.59 Å². The lowest BCUT2D eigenvalue weighted by molar-refractivity contribution is 0.0520. The molecular formula is C18H20N2O4S. The van der Waals surface area contributed by atoms with E-state index in [2.05, 4.69) is 4.98 Å². The number of thiazole rings is 1. The fourth-order valence-corrected chi connectivity index (χ4v) is 3.72. The molecule has 6 nitrogen and oxygen atoms in total. The Hall–Kier alpha value is -2.41. The van der Waals surface area contributed by atoms with Crippen molar-refractivity contribution in [1.82, 2.24) is 9.88 Å². The summed E-state index contributed by atoms with van der Waals surface area (Å²) >= 11 is 1.38. The summed E-state index contributed by atoms with van der Waals surface area (Å²) in [6.45, 7) is 2.95. The molecule has 1 aliphatic rings. The van der Waals surface area contributed by atoms with E-state index in [4.69, 9.17) is 9.47 Å². The minimum atomic E-state index is -0.429. The SMILES string of the molecule is CCOC(=O)c1csc([C@H]2CCCN2C(=O)OCc2ccccc2)n1. The van der Waals surface area contributed by atoms with Gasteiger partial charge in [0.05, 0.1) is 12.6 Å². The number of ether oxygens (including phenoxy) is 2. The number of nitrogens with zero attached hydrogens (tertiary/aromatic N) is 2. The van der Waals surface area contributed by atoms with Crippen LogP contribution in [0.5, 0.6) is 0 Å². The first kappa shape index (κ1) is 17.4. The van der Waals surface area contributed by atoms with Gasteiger partial charge in [-0.2, -0.15) is 0 Å². The zero-order chi connectivity index (χ0) is 17.6. The van der Waals surface area contributed by atoms with E-state index in [1.165, 1.54) is 11.3 Å². The fraction of sp³-hybridized carbons (Fsp3) is 0.389. The minimum absolute atomic E-state index is 0.142. The molecule has 1 aromatic carbocycles. The van der Waals surface area contributed by atoms with E-state index in [1.807, 2.05) is 30.3 Å². The lowest BCUT2D eigenvalue weighted by Crippen LogP contribution is -2.31. The molecule has 1 aromatic heterocycles. The van der Waals surface area contributed by atoms with Crippen molar-refractivity contribution in [3.05, 3.63) is 52.0 Å². The second-order valence-electron chi connectivity index (χ2n) is 5.68. The normalized spacial score (nSPS) is 16.7. The molecule has 1 atom stereocenters. The van der Waals surface area contributed by atoms with E-state index in [1.54, 1.807) is 17.2 Å². The third kappa shape index (κ3) is 4.17. The summed E-state index contributed by atoms with van der Waals surface area (Å²) in [6.07, 6.45) is 1.36. The number of amides is 1. The standard InChI is InChI=1S/C18H20N2O4S/c1-2-23-17(21)14-12-25-16(19-14)15-9-6-10-20(15)18(22)24-11-13-7-4-3-5-8-13/h3-5,7-8,12,15H,2,6,9-11H2,1H3/t15-/m1/s1. The first-order chi connectivity index (χ1) is 12.2. The highest BCUT2D eigenvalue weighted by molar-refractivity contribution is 7.09. The third-order valence-electron chi connectivity index (χ3n) is 3.98. The highest BCUT2D eigenvalue weighted by Crippen LogP contribution is 2.34. The molecule has 0 aliphatic carbocycles. The molecule has 0 saturated carbocycles. The van der Waals surface area contributed by atoms with Crippen molar-refractivity contribution in [2.45, 2.75) is 32.4 Å². The Bertz CT molecular complexity index is 732. The van der Waals surface area contributed by atoms with Crippen LogP contribution in [-0.4, -0.2) is 35.1 Å². The molecule has 0 bridgehead atoms. The largest absolute Gasteiger partial charge is 0.461 e. The van der Waals surface area contributed by atoms with Crippen LogP contribution >= 0.6 is 11.3 Å². The number of hydrogen-bond donors (Lipinski definition) is 0. The quantitative estimate of drug-likeness (QED) is 0.759. The molecule has 132 valence electrons. The predicted molar refractivity (Wildman–Crippen MR) is 93.4 cm³/mol. The van der Waals surface area contributed by atoms with Crippen molar-refractivity contribution in [1.29, 1.82) is 0 Å². The number of carbonyl (C=O) groups is 2. The second-order valence-corrected chi connectivity index (χ2v) is 6.57. The van der Waals surface area contributed by atoms with Crippen LogP contribution in [0.3, 0.4) is 0 Å². The number of rotatable bonds is 5. The number of aromatic nitrogens is 1. The zero-order valence-electron chi connectivity index (χ0n) is 14.0. The van der Waals surface area contributed by atoms with Gasteiger partial charge in [0.1, 0.15) is 11.6 Å². The van der Waals surface area contributed by atoms with Gasteiger partial charge in [0.15, 0.2) is 5.69 Å². The molecule has 0 N–H and O–H groups in total. The van der Waals surface area contributed by atoms with Crippen LogP contribution in [0.1, 0.15) is 46.9 Å². The van der Waals surface area contributed by atoms with Crippen molar-refractivity contribution >= 4 is 23.4 Å². The lowest BCUT2D eigenvalue weighted by Gasteiger charge is -2.22. The topological polar surface area (TPSA) is 68.7 Å². The molecule has 2 heterocycles. The van der Waals surface area contributed by atoms with E-state index >= 15 is 0 Å². The van der Waals surface area contributed by atoms with Crippen LogP contribution in [-0.2, 0) is 16.1 Å².